The van der Waals surface area contributed by atoms with Gasteiger partial charge in [0.05, 0.1) is 0 Å². The van der Waals surface area contributed by atoms with Gasteiger partial charge >= 0.3 is 0 Å². The van der Waals surface area contributed by atoms with Gasteiger partial charge in [-0.3, -0.25) is 0 Å². The zero-order valence-electron chi connectivity index (χ0n) is 73.6. The molecule has 0 amide bonds. The second kappa shape index (κ2) is 43.9. The quantitative estimate of drug-likeness (QED) is 0.142. The van der Waals surface area contributed by atoms with Crippen LogP contribution in [0, 0.1) is 145 Å². The predicted molar refractivity (Wildman–Crippen MR) is 515 cm³/mol. The third kappa shape index (κ3) is 27.6. The van der Waals surface area contributed by atoms with Crippen LogP contribution in [0.1, 0.15) is 117 Å². The SMILES string of the molecule is Cc1ccc(-c2c(C)cc(C)cc2C)cc1.Cc1ccc(-c2c(C)cccc2C)cc1.Cc1ccc(-c2cc(C)cc(C)c2)cc1.Cc1ccc(-c2ccc(C)cc2)cc1.Cc1ccc(-c2ccc(C)cc2C)cc1.Cc1ccc(-c2cccc(C)c2)cc1.Cc1ccc(-c2ccccc2C)cc1.Cc1cccc(-c2ccccc2C)c1. The summed E-state index contributed by atoms with van der Waals surface area (Å²) < 4.78 is 0. The van der Waals surface area contributed by atoms with Gasteiger partial charge in [0.25, 0.3) is 0 Å². The highest BCUT2D eigenvalue weighted by Gasteiger charge is 2.09. The van der Waals surface area contributed by atoms with Crippen molar-refractivity contribution in [3.05, 3.63) is 475 Å². The molecule has 0 heterocycles. The Morgan fingerprint density at radius 2 is 0.333 bits per heavy atom. The van der Waals surface area contributed by atoms with Gasteiger partial charge in [-0.1, -0.05) is 436 Å². The smallest absolute Gasteiger partial charge is 0.0125 e. The topological polar surface area (TPSA) is 0 Å². The highest BCUT2D eigenvalue weighted by molar-refractivity contribution is 5.75. The van der Waals surface area contributed by atoms with E-state index in [-0.39, 0.29) is 0 Å². The van der Waals surface area contributed by atoms with Gasteiger partial charge in [0.2, 0.25) is 0 Å². The van der Waals surface area contributed by atoms with Crippen LogP contribution in [0.3, 0.4) is 0 Å². The van der Waals surface area contributed by atoms with Crippen LogP contribution in [-0.2, 0) is 0 Å². The van der Waals surface area contributed by atoms with Crippen LogP contribution in [0.15, 0.2) is 358 Å². The molecule has 0 saturated carbocycles. The van der Waals surface area contributed by atoms with Crippen LogP contribution in [0.2, 0.25) is 0 Å². The summed E-state index contributed by atoms with van der Waals surface area (Å²) in [5.41, 5.74) is 48.9. The molecule has 0 heteroatoms. The number of benzene rings is 16. The molecule has 0 unspecified atom stereocenters. The summed E-state index contributed by atoms with van der Waals surface area (Å²) in [6, 6.07) is 128. The molecule has 0 aliphatic carbocycles. The van der Waals surface area contributed by atoms with Crippen LogP contribution in [0.4, 0.5) is 0 Å². The molecule has 16 rings (SSSR count). The van der Waals surface area contributed by atoms with Gasteiger partial charge in [0, 0.05) is 0 Å². The van der Waals surface area contributed by atoms with Crippen molar-refractivity contribution in [1.29, 1.82) is 0 Å². The van der Waals surface area contributed by atoms with Gasteiger partial charge in [0.1, 0.15) is 0 Å². The van der Waals surface area contributed by atoms with Crippen molar-refractivity contribution >= 4 is 0 Å². The maximum Gasteiger partial charge on any atom is -0.0125 e. The zero-order chi connectivity index (χ0) is 84.1. The Balaban J connectivity index is 0.000000153. The largest absolute Gasteiger partial charge is 0.0620 e. The first-order valence-corrected chi connectivity index (χ1v) is 41.2. The van der Waals surface area contributed by atoms with Gasteiger partial charge in [-0.15, -0.1) is 0 Å². The predicted octanol–water partition coefficient (Wildman–Crippen LogP) is 33.3. The number of aryl methyl sites for hydroxylation is 21. The van der Waals surface area contributed by atoms with Crippen molar-refractivity contribution in [2.75, 3.05) is 0 Å². The van der Waals surface area contributed by atoms with E-state index < -0.39 is 0 Å². The molecule has 117 heavy (non-hydrogen) atoms. The summed E-state index contributed by atoms with van der Waals surface area (Å²) in [4.78, 5) is 0. The molecule has 0 radical (unpaired) electrons. The highest BCUT2D eigenvalue weighted by Crippen LogP contribution is 2.32. The molecule has 0 aliphatic rings. The van der Waals surface area contributed by atoms with Gasteiger partial charge in [-0.05, 0) is 273 Å². The van der Waals surface area contributed by atoms with Crippen molar-refractivity contribution in [2.45, 2.75) is 145 Å². The minimum absolute atomic E-state index is 1.29. The average Bonchev–Trinajstić information content (AvgIpc) is 0.795. The third-order valence-electron chi connectivity index (χ3n) is 21.0. The third-order valence-corrected chi connectivity index (χ3v) is 21.0. The van der Waals surface area contributed by atoms with Crippen LogP contribution >= 0.6 is 0 Å². The Morgan fingerprint density at radius 1 is 0.103 bits per heavy atom. The monoisotopic (exact) mass is 1530 g/mol. The molecule has 16 aromatic rings. The molecular formula is C117H122. The molecule has 0 N–H and O–H groups in total. The Hall–Kier alpha value is -12.5. The Kier molecular flexibility index (Phi) is 33.2. The maximum absolute atomic E-state index is 2.25. The first-order valence-electron chi connectivity index (χ1n) is 41.2. The lowest BCUT2D eigenvalue weighted by atomic mass is 9.93. The van der Waals surface area contributed by atoms with Crippen molar-refractivity contribution in [3.63, 3.8) is 0 Å². The molecule has 0 saturated heterocycles. The van der Waals surface area contributed by atoms with Crippen molar-refractivity contribution in [2.24, 2.45) is 0 Å². The summed E-state index contributed by atoms with van der Waals surface area (Å²) in [6.07, 6.45) is 0. The molecule has 0 fully saturated rings. The summed E-state index contributed by atoms with van der Waals surface area (Å²) in [6.45, 7) is 44.9. The minimum Gasteiger partial charge on any atom is -0.0620 e. The number of rotatable bonds is 8. The normalized spacial score (nSPS) is 10.3. The van der Waals surface area contributed by atoms with Crippen molar-refractivity contribution < 1.29 is 0 Å². The molecule has 0 aliphatic heterocycles. The van der Waals surface area contributed by atoms with E-state index in [4.69, 9.17) is 0 Å². The fraction of sp³-hybridized carbons (Fsp3) is 0.179. The van der Waals surface area contributed by atoms with Gasteiger partial charge in [0.15, 0.2) is 0 Å². The maximum atomic E-state index is 2.25. The molecule has 16 aromatic carbocycles. The van der Waals surface area contributed by atoms with E-state index in [1.165, 1.54) is 206 Å². The highest BCUT2D eigenvalue weighted by atomic mass is 14.1. The fourth-order valence-electron chi connectivity index (χ4n) is 14.5. The molecule has 0 aromatic heterocycles. The van der Waals surface area contributed by atoms with E-state index in [1.54, 1.807) is 0 Å². The second-order valence-electron chi connectivity index (χ2n) is 32.0. The van der Waals surface area contributed by atoms with Crippen LogP contribution in [0.5, 0.6) is 0 Å². The lowest BCUT2D eigenvalue weighted by molar-refractivity contribution is 1.32. The molecule has 590 valence electrons. The van der Waals surface area contributed by atoms with E-state index in [2.05, 4.69) is 503 Å². The molecule has 0 bridgehead atoms. The van der Waals surface area contributed by atoms with Gasteiger partial charge in [-0.2, -0.15) is 0 Å². The standard InChI is InChI=1S/C16H18.3C15H16.4C14H14/c1-11-5-7-15(8-6-11)16-13(3)9-12(2)10-14(16)4;1-11-4-7-14(8-5-11)15-9-6-12(2)10-13(15)3;1-11-4-6-14(7-5-11)15-9-12(2)8-13(3)10-15;1-11-7-9-14(10-8-11)15-12(2)5-4-6-13(15)3;1-11-3-7-13(8-4-11)14-9-5-12(2)6-10-14;1-11-6-5-8-13(10-11)14-9-4-3-7-12(14)2;1-11-6-8-13(9-7-11)14-5-3-4-12(2)10-14;1-11-7-9-13(10-8-11)14-6-4-3-5-12(14)2/h5-10H,1-4H3;3*4-10H,1-3H3;4*3-10H,1-2H3. The summed E-state index contributed by atoms with van der Waals surface area (Å²) in [5, 5.41) is 0. The van der Waals surface area contributed by atoms with E-state index in [0.29, 0.717) is 0 Å². The van der Waals surface area contributed by atoms with Gasteiger partial charge < -0.3 is 0 Å². The van der Waals surface area contributed by atoms with Crippen molar-refractivity contribution in [1.82, 2.24) is 0 Å². The summed E-state index contributed by atoms with van der Waals surface area (Å²) >= 11 is 0. The number of hydrogen-bond donors (Lipinski definition) is 0. The fourth-order valence-corrected chi connectivity index (χ4v) is 14.5. The Bertz CT molecular complexity index is 5660. The molecule has 0 spiro atoms. The molecule has 0 atom stereocenters. The van der Waals surface area contributed by atoms with E-state index >= 15 is 0 Å². The molecular weight excluding hydrogens is 1410 g/mol. The lowest BCUT2D eigenvalue weighted by Gasteiger charge is -2.11. The average molecular weight is 1530 g/mol. The second-order valence-corrected chi connectivity index (χ2v) is 32.0. The zero-order valence-corrected chi connectivity index (χ0v) is 73.6. The summed E-state index contributed by atoms with van der Waals surface area (Å²) in [7, 11) is 0. The lowest BCUT2D eigenvalue weighted by Crippen LogP contribution is -1.90. The number of hydrogen-bond acceptors (Lipinski definition) is 0. The van der Waals surface area contributed by atoms with E-state index in [9.17, 15) is 0 Å². The Labute approximate surface area is 704 Å². The Morgan fingerprint density at radius 3 is 0.684 bits per heavy atom. The van der Waals surface area contributed by atoms with Crippen molar-refractivity contribution in [3.8, 4) is 89.0 Å². The van der Waals surface area contributed by atoms with E-state index in [0.717, 1.165) is 0 Å². The first kappa shape index (κ1) is 88.5. The molecule has 0 nitrogen and oxygen atoms in total. The van der Waals surface area contributed by atoms with Gasteiger partial charge in [-0.25, -0.2) is 0 Å². The van der Waals surface area contributed by atoms with E-state index in [1.807, 2.05) is 0 Å². The first-order chi connectivity index (χ1) is 56.1. The van der Waals surface area contributed by atoms with Crippen LogP contribution in [-0.4, -0.2) is 0 Å². The summed E-state index contributed by atoms with van der Waals surface area (Å²) in [5.74, 6) is 0. The minimum atomic E-state index is 1.29. The van der Waals surface area contributed by atoms with Crippen LogP contribution < -0.4 is 0 Å². The van der Waals surface area contributed by atoms with Crippen LogP contribution in [0.25, 0.3) is 89.0 Å².